The van der Waals surface area contributed by atoms with E-state index in [-0.39, 0.29) is 5.69 Å². The fourth-order valence-electron chi connectivity index (χ4n) is 1.85. The number of amides is 1. The van der Waals surface area contributed by atoms with Crippen LogP contribution in [0.1, 0.15) is 16.2 Å². The molecule has 0 radical (unpaired) electrons. The number of aromatic hydroxyl groups is 1. The number of phenols is 1. The first kappa shape index (κ1) is 17.7. The normalized spacial score (nSPS) is 11.4. The van der Waals surface area contributed by atoms with Gasteiger partial charge in [0, 0.05) is 19.2 Å². The minimum atomic E-state index is -4.78. The second-order valence-corrected chi connectivity index (χ2v) is 5.34. The molecule has 2 N–H and O–H groups in total. The summed E-state index contributed by atoms with van der Waals surface area (Å²) in [6.45, 7) is 0. The first-order chi connectivity index (χ1) is 11.0. The van der Waals surface area contributed by atoms with Gasteiger partial charge in [-0.05, 0) is 22.0 Å². The van der Waals surface area contributed by atoms with Crippen molar-refractivity contribution in [3.63, 3.8) is 0 Å². The zero-order valence-electron chi connectivity index (χ0n) is 11.8. The standard InChI is InChI=1S/C12H8BrF3N4O4/c1-19-9(8(13)10(18-19)12(14,15)16)11(22)17-6-4-5(20(23)24)2-3-7(6)21/h2-4,21H,1H3,(H,17,22). The maximum atomic E-state index is 12.8. The Morgan fingerprint density at radius 1 is 1.46 bits per heavy atom. The molecule has 1 amide bonds. The van der Waals surface area contributed by atoms with Gasteiger partial charge in [-0.1, -0.05) is 0 Å². The minimum absolute atomic E-state index is 0.323. The van der Waals surface area contributed by atoms with Crippen LogP contribution in [0.3, 0.4) is 0 Å². The van der Waals surface area contributed by atoms with Gasteiger partial charge in [-0.15, -0.1) is 0 Å². The Morgan fingerprint density at radius 2 is 2.08 bits per heavy atom. The van der Waals surface area contributed by atoms with Crippen molar-refractivity contribution in [1.29, 1.82) is 0 Å². The van der Waals surface area contributed by atoms with Crippen LogP contribution >= 0.6 is 15.9 Å². The molecular weight excluding hydrogens is 401 g/mol. The Bertz CT molecular complexity index is 834. The van der Waals surface area contributed by atoms with E-state index in [0.717, 1.165) is 25.2 Å². The number of nitrogens with one attached hydrogen (secondary N) is 1. The quantitative estimate of drug-likeness (QED) is 0.460. The van der Waals surface area contributed by atoms with Crippen LogP contribution in [0.25, 0.3) is 0 Å². The number of rotatable bonds is 3. The Labute approximate surface area is 140 Å². The molecule has 2 rings (SSSR count). The highest BCUT2D eigenvalue weighted by molar-refractivity contribution is 9.10. The summed E-state index contributed by atoms with van der Waals surface area (Å²) in [6, 6.07) is 2.86. The second-order valence-electron chi connectivity index (χ2n) is 4.55. The first-order valence-corrected chi connectivity index (χ1v) is 6.90. The van der Waals surface area contributed by atoms with Crippen LogP contribution in [0.2, 0.25) is 0 Å². The molecule has 2 aromatic rings. The van der Waals surface area contributed by atoms with E-state index in [9.17, 15) is 33.2 Å². The van der Waals surface area contributed by atoms with Gasteiger partial charge in [-0.3, -0.25) is 19.6 Å². The Balaban J connectivity index is 2.40. The van der Waals surface area contributed by atoms with E-state index in [1.807, 2.05) is 0 Å². The number of hydrogen-bond acceptors (Lipinski definition) is 5. The van der Waals surface area contributed by atoms with Crippen molar-refractivity contribution in [3.05, 3.63) is 44.2 Å². The number of benzene rings is 1. The SMILES string of the molecule is Cn1nc(C(F)(F)F)c(Br)c1C(=O)Nc1cc([N+](=O)[O-])ccc1O. The van der Waals surface area contributed by atoms with Gasteiger partial charge in [0.15, 0.2) is 5.69 Å². The molecule has 8 nitrogen and oxygen atoms in total. The van der Waals surface area contributed by atoms with E-state index in [2.05, 4.69) is 26.3 Å². The Hall–Kier alpha value is -2.63. The van der Waals surface area contributed by atoms with Gasteiger partial charge in [-0.2, -0.15) is 18.3 Å². The van der Waals surface area contributed by atoms with Gasteiger partial charge >= 0.3 is 6.18 Å². The molecule has 0 fully saturated rings. The lowest BCUT2D eigenvalue weighted by Crippen LogP contribution is -2.16. The van der Waals surface area contributed by atoms with Crippen LogP contribution in [0.4, 0.5) is 24.5 Å². The van der Waals surface area contributed by atoms with Gasteiger partial charge < -0.3 is 10.4 Å². The van der Waals surface area contributed by atoms with Crippen LogP contribution in [0, 0.1) is 10.1 Å². The summed E-state index contributed by atoms with van der Waals surface area (Å²) >= 11 is 2.67. The Kier molecular flexibility index (Phi) is 4.51. The third kappa shape index (κ3) is 3.32. The summed E-state index contributed by atoms with van der Waals surface area (Å²) < 4.78 is 38.5. The van der Waals surface area contributed by atoms with Crippen molar-refractivity contribution < 1.29 is 28.0 Å². The fraction of sp³-hybridized carbons (Fsp3) is 0.167. The van der Waals surface area contributed by atoms with E-state index in [1.165, 1.54) is 0 Å². The topological polar surface area (TPSA) is 110 Å². The van der Waals surface area contributed by atoms with Crippen LogP contribution in [0.5, 0.6) is 5.75 Å². The van der Waals surface area contributed by atoms with Gasteiger partial charge in [0.25, 0.3) is 11.6 Å². The molecular formula is C12H8BrF3N4O4. The first-order valence-electron chi connectivity index (χ1n) is 6.10. The molecule has 0 unspecified atom stereocenters. The highest BCUT2D eigenvalue weighted by Crippen LogP contribution is 2.36. The number of alkyl halides is 3. The van der Waals surface area contributed by atoms with E-state index in [1.54, 1.807) is 0 Å². The summed E-state index contributed by atoms with van der Waals surface area (Å²) in [5.74, 6) is -1.52. The lowest BCUT2D eigenvalue weighted by molar-refractivity contribution is -0.384. The molecule has 1 aromatic heterocycles. The van der Waals surface area contributed by atoms with E-state index < -0.39 is 44.3 Å². The largest absolute Gasteiger partial charge is 0.506 e. The third-order valence-corrected chi connectivity index (χ3v) is 3.66. The van der Waals surface area contributed by atoms with Crippen molar-refractivity contribution in [2.24, 2.45) is 7.05 Å². The number of phenolic OH excluding ortho intramolecular Hbond substituents is 1. The van der Waals surface area contributed by atoms with Gasteiger partial charge in [0.2, 0.25) is 0 Å². The monoisotopic (exact) mass is 408 g/mol. The number of carbonyl (C=O) groups excluding carboxylic acids is 1. The smallest absolute Gasteiger partial charge is 0.436 e. The zero-order valence-corrected chi connectivity index (χ0v) is 13.3. The van der Waals surface area contributed by atoms with Crippen molar-refractivity contribution in [1.82, 2.24) is 9.78 Å². The van der Waals surface area contributed by atoms with Crippen molar-refractivity contribution >= 4 is 33.2 Å². The number of aryl methyl sites for hydroxylation is 1. The summed E-state index contributed by atoms with van der Waals surface area (Å²) in [7, 11) is 1.13. The molecule has 0 saturated heterocycles. The molecule has 1 heterocycles. The maximum Gasteiger partial charge on any atom is 0.436 e. The molecule has 0 spiro atoms. The summed E-state index contributed by atoms with van der Waals surface area (Å²) in [4.78, 5) is 22.1. The predicted molar refractivity (Wildman–Crippen MR) is 78.6 cm³/mol. The molecule has 0 aliphatic carbocycles. The van der Waals surface area contributed by atoms with Gasteiger partial charge in [0.05, 0.1) is 15.1 Å². The van der Waals surface area contributed by atoms with E-state index in [4.69, 9.17) is 0 Å². The summed E-state index contributed by atoms with van der Waals surface area (Å²) in [5.41, 5.74) is -2.49. The molecule has 0 atom stereocenters. The van der Waals surface area contributed by atoms with Crippen molar-refractivity contribution in [2.75, 3.05) is 5.32 Å². The van der Waals surface area contributed by atoms with Gasteiger partial charge in [-0.25, -0.2) is 0 Å². The molecule has 0 bridgehead atoms. The molecule has 12 heteroatoms. The van der Waals surface area contributed by atoms with Crippen LogP contribution in [-0.2, 0) is 13.2 Å². The van der Waals surface area contributed by atoms with Crippen LogP contribution in [-0.4, -0.2) is 25.7 Å². The maximum absolute atomic E-state index is 12.8. The number of non-ortho nitro benzene ring substituents is 1. The number of carbonyl (C=O) groups is 1. The lowest BCUT2D eigenvalue weighted by Gasteiger charge is -2.08. The number of halogens is 4. The second kappa shape index (κ2) is 6.11. The van der Waals surface area contributed by atoms with Crippen molar-refractivity contribution in [2.45, 2.75) is 6.18 Å². The number of anilines is 1. The van der Waals surface area contributed by atoms with E-state index in [0.29, 0.717) is 4.68 Å². The molecule has 1 aromatic carbocycles. The van der Waals surface area contributed by atoms with E-state index >= 15 is 0 Å². The predicted octanol–water partition coefficient (Wildman–Crippen LogP) is 3.07. The lowest BCUT2D eigenvalue weighted by atomic mass is 10.2. The van der Waals surface area contributed by atoms with Crippen LogP contribution in [0.15, 0.2) is 22.7 Å². The zero-order chi connectivity index (χ0) is 18.2. The fourth-order valence-corrected chi connectivity index (χ4v) is 2.59. The molecule has 128 valence electrons. The highest BCUT2D eigenvalue weighted by Gasteiger charge is 2.39. The molecule has 0 aliphatic rings. The number of nitrogens with zero attached hydrogens (tertiary/aromatic N) is 3. The minimum Gasteiger partial charge on any atom is -0.506 e. The number of hydrogen-bond donors (Lipinski definition) is 2. The molecule has 0 aliphatic heterocycles. The molecule has 0 saturated carbocycles. The summed E-state index contributed by atoms with van der Waals surface area (Å²) in [5, 5.41) is 25.7. The Morgan fingerprint density at radius 3 is 2.58 bits per heavy atom. The summed E-state index contributed by atoms with van der Waals surface area (Å²) in [6.07, 6.45) is -4.78. The van der Waals surface area contributed by atoms with Gasteiger partial charge in [0.1, 0.15) is 11.4 Å². The molecule has 24 heavy (non-hydrogen) atoms. The van der Waals surface area contributed by atoms with Crippen LogP contribution < -0.4 is 5.32 Å². The number of aromatic nitrogens is 2. The number of nitro benzene ring substituents is 1. The number of nitro groups is 1. The van der Waals surface area contributed by atoms with Crippen molar-refractivity contribution in [3.8, 4) is 5.75 Å². The average Bonchev–Trinajstić information content (AvgIpc) is 2.76. The third-order valence-electron chi connectivity index (χ3n) is 2.91. The average molecular weight is 409 g/mol. The highest BCUT2D eigenvalue weighted by atomic mass is 79.9.